The molecule has 1 N–H and O–H groups in total. The highest BCUT2D eigenvalue weighted by molar-refractivity contribution is 5.90. The lowest BCUT2D eigenvalue weighted by molar-refractivity contribution is 0.0673. The van der Waals surface area contributed by atoms with Crippen LogP contribution < -0.4 is 5.32 Å². The zero-order valence-electron chi connectivity index (χ0n) is 11.1. The zero-order valence-corrected chi connectivity index (χ0v) is 11.1. The van der Waals surface area contributed by atoms with Gasteiger partial charge in [0, 0.05) is 25.6 Å². The monoisotopic (exact) mass is 252 g/mol. The summed E-state index contributed by atoms with van der Waals surface area (Å²) in [5.74, 6) is 0.413. The predicted octanol–water partition coefficient (Wildman–Crippen LogP) is 0.981. The predicted molar refractivity (Wildman–Crippen MR) is 66.2 cm³/mol. The first-order valence-electron chi connectivity index (χ1n) is 6.42. The highest BCUT2D eigenvalue weighted by Crippen LogP contribution is 2.12. The third-order valence-corrected chi connectivity index (χ3v) is 3.18. The molecule has 6 nitrogen and oxygen atoms in total. The van der Waals surface area contributed by atoms with Crippen molar-refractivity contribution in [2.24, 2.45) is 0 Å². The number of nitrogens with zero attached hydrogens (tertiary/aromatic N) is 3. The molecular formula is C12H20N4O2. The Morgan fingerprint density at radius 3 is 2.89 bits per heavy atom. The standard InChI is InChI=1S/C12H20N4O2/c1-8(2)16(7-10-5-4-6-13-10)12(17)11-14-9(3)18-15-11/h8,10,13H,4-7H2,1-3H3. The van der Waals surface area contributed by atoms with Crippen LogP contribution in [-0.4, -0.2) is 46.1 Å². The van der Waals surface area contributed by atoms with Crippen molar-refractivity contribution in [3.63, 3.8) is 0 Å². The molecule has 2 rings (SSSR count). The van der Waals surface area contributed by atoms with Crippen molar-refractivity contribution in [3.05, 3.63) is 11.7 Å². The minimum Gasteiger partial charge on any atom is -0.339 e. The second-order valence-electron chi connectivity index (χ2n) is 4.98. The van der Waals surface area contributed by atoms with Crippen molar-refractivity contribution in [3.8, 4) is 0 Å². The van der Waals surface area contributed by atoms with E-state index in [1.54, 1.807) is 11.8 Å². The fourth-order valence-electron chi connectivity index (χ4n) is 2.19. The van der Waals surface area contributed by atoms with Crippen LogP contribution in [0.15, 0.2) is 4.52 Å². The van der Waals surface area contributed by atoms with Gasteiger partial charge in [-0.1, -0.05) is 5.16 Å². The molecule has 0 bridgehead atoms. The molecule has 6 heteroatoms. The number of carbonyl (C=O) groups is 1. The van der Waals surface area contributed by atoms with E-state index in [4.69, 9.17) is 4.52 Å². The molecule has 1 fully saturated rings. The molecule has 1 aromatic rings. The Kier molecular flexibility index (Phi) is 3.96. The third kappa shape index (κ3) is 2.87. The quantitative estimate of drug-likeness (QED) is 0.865. The molecule has 1 unspecified atom stereocenters. The summed E-state index contributed by atoms with van der Waals surface area (Å²) in [4.78, 5) is 18.1. The summed E-state index contributed by atoms with van der Waals surface area (Å²) in [5.41, 5.74) is 0. The molecule has 2 heterocycles. The van der Waals surface area contributed by atoms with Gasteiger partial charge in [-0.3, -0.25) is 4.79 Å². The van der Waals surface area contributed by atoms with E-state index in [0.717, 1.165) is 13.0 Å². The normalized spacial score (nSPS) is 19.4. The molecule has 1 amide bonds. The molecular weight excluding hydrogens is 232 g/mol. The summed E-state index contributed by atoms with van der Waals surface area (Å²) in [7, 11) is 0. The van der Waals surface area contributed by atoms with Crippen LogP contribution in [0.3, 0.4) is 0 Å². The van der Waals surface area contributed by atoms with E-state index in [1.165, 1.54) is 6.42 Å². The highest BCUT2D eigenvalue weighted by atomic mass is 16.5. The number of rotatable bonds is 4. The van der Waals surface area contributed by atoms with Gasteiger partial charge < -0.3 is 14.7 Å². The lowest BCUT2D eigenvalue weighted by Crippen LogP contribution is -2.45. The SMILES string of the molecule is Cc1nc(C(=O)N(CC2CCCN2)C(C)C)no1. The third-order valence-electron chi connectivity index (χ3n) is 3.18. The number of aromatic nitrogens is 2. The van der Waals surface area contributed by atoms with Gasteiger partial charge in [0.2, 0.25) is 5.89 Å². The fourth-order valence-corrected chi connectivity index (χ4v) is 2.19. The van der Waals surface area contributed by atoms with Gasteiger partial charge in [-0.15, -0.1) is 0 Å². The topological polar surface area (TPSA) is 71.3 Å². The van der Waals surface area contributed by atoms with Gasteiger partial charge in [0.15, 0.2) is 0 Å². The second-order valence-corrected chi connectivity index (χ2v) is 4.98. The lowest BCUT2D eigenvalue weighted by Gasteiger charge is -2.28. The number of amides is 1. The Morgan fingerprint density at radius 2 is 2.39 bits per heavy atom. The van der Waals surface area contributed by atoms with Gasteiger partial charge in [-0.2, -0.15) is 4.98 Å². The molecule has 1 saturated heterocycles. The van der Waals surface area contributed by atoms with Gasteiger partial charge in [0.05, 0.1) is 0 Å². The summed E-state index contributed by atoms with van der Waals surface area (Å²) in [6, 6.07) is 0.503. The number of carbonyl (C=O) groups excluding carboxylic acids is 1. The summed E-state index contributed by atoms with van der Waals surface area (Å²) >= 11 is 0. The van der Waals surface area contributed by atoms with Crippen LogP contribution in [0, 0.1) is 6.92 Å². The first kappa shape index (κ1) is 13.0. The van der Waals surface area contributed by atoms with Crippen LogP contribution in [0.1, 0.15) is 43.2 Å². The Morgan fingerprint density at radius 1 is 1.61 bits per heavy atom. The first-order chi connectivity index (χ1) is 8.58. The number of hydrogen-bond donors (Lipinski definition) is 1. The molecule has 0 spiro atoms. The minimum atomic E-state index is -0.157. The number of hydrogen-bond acceptors (Lipinski definition) is 5. The maximum atomic E-state index is 12.3. The zero-order chi connectivity index (χ0) is 13.1. The van der Waals surface area contributed by atoms with Crippen LogP contribution in [0.5, 0.6) is 0 Å². The van der Waals surface area contributed by atoms with Gasteiger partial charge in [0.1, 0.15) is 0 Å². The van der Waals surface area contributed by atoms with Crippen molar-refractivity contribution in [2.75, 3.05) is 13.1 Å². The Balaban J connectivity index is 2.06. The smallest absolute Gasteiger partial charge is 0.295 e. The molecule has 0 aromatic carbocycles. The van der Waals surface area contributed by atoms with Crippen molar-refractivity contribution in [1.82, 2.24) is 20.4 Å². The van der Waals surface area contributed by atoms with E-state index in [2.05, 4.69) is 15.5 Å². The van der Waals surface area contributed by atoms with Crippen LogP contribution in [0.25, 0.3) is 0 Å². The molecule has 0 radical (unpaired) electrons. The summed E-state index contributed by atoms with van der Waals surface area (Å²) < 4.78 is 4.86. The van der Waals surface area contributed by atoms with Crippen molar-refractivity contribution in [2.45, 2.75) is 45.7 Å². The van der Waals surface area contributed by atoms with E-state index in [0.29, 0.717) is 18.5 Å². The Bertz CT molecular complexity index is 410. The molecule has 18 heavy (non-hydrogen) atoms. The highest BCUT2D eigenvalue weighted by Gasteiger charge is 2.27. The minimum absolute atomic E-state index is 0.124. The van der Waals surface area contributed by atoms with Crippen LogP contribution in [0.4, 0.5) is 0 Å². The van der Waals surface area contributed by atoms with E-state index < -0.39 is 0 Å². The van der Waals surface area contributed by atoms with Crippen LogP contribution in [-0.2, 0) is 0 Å². The van der Waals surface area contributed by atoms with Crippen LogP contribution >= 0.6 is 0 Å². The molecule has 1 aliphatic heterocycles. The summed E-state index contributed by atoms with van der Waals surface area (Å²) in [5, 5.41) is 7.09. The fraction of sp³-hybridized carbons (Fsp3) is 0.750. The Hall–Kier alpha value is -1.43. The Labute approximate surface area is 107 Å². The van der Waals surface area contributed by atoms with Gasteiger partial charge in [-0.25, -0.2) is 0 Å². The van der Waals surface area contributed by atoms with Crippen molar-refractivity contribution < 1.29 is 9.32 Å². The van der Waals surface area contributed by atoms with Gasteiger partial charge in [-0.05, 0) is 33.2 Å². The molecule has 1 atom stereocenters. The maximum Gasteiger partial charge on any atom is 0.295 e. The average molecular weight is 252 g/mol. The van der Waals surface area contributed by atoms with E-state index >= 15 is 0 Å². The summed E-state index contributed by atoms with van der Waals surface area (Å²) in [6.07, 6.45) is 2.29. The summed E-state index contributed by atoms with van der Waals surface area (Å²) in [6.45, 7) is 7.41. The van der Waals surface area contributed by atoms with Gasteiger partial charge in [0.25, 0.3) is 11.7 Å². The second kappa shape index (κ2) is 5.48. The lowest BCUT2D eigenvalue weighted by atomic mass is 10.2. The van der Waals surface area contributed by atoms with Crippen molar-refractivity contribution >= 4 is 5.91 Å². The van der Waals surface area contributed by atoms with Crippen LogP contribution in [0.2, 0.25) is 0 Å². The van der Waals surface area contributed by atoms with E-state index in [-0.39, 0.29) is 17.8 Å². The molecule has 0 aliphatic carbocycles. The van der Waals surface area contributed by atoms with E-state index in [1.807, 2.05) is 13.8 Å². The van der Waals surface area contributed by atoms with Crippen molar-refractivity contribution in [1.29, 1.82) is 0 Å². The van der Waals surface area contributed by atoms with Gasteiger partial charge >= 0.3 is 0 Å². The molecule has 0 saturated carbocycles. The molecule has 1 aromatic heterocycles. The first-order valence-corrected chi connectivity index (χ1v) is 6.42. The maximum absolute atomic E-state index is 12.3. The largest absolute Gasteiger partial charge is 0.339 e. The molecule has 100 valence electrons. The average Bonchev–Trinajstić information content (AvgIpc) is 2.95. The molecule has 1 aliphatic rings. The number of nitrogens with one attached hydrogen (secondary N) is 1. The number of aryl methyl sites for hydroxylation is 1. The van der Waals surface area contributed by atoms with E-state index in [9.17, 15) is 4.79 Å².